The summed E-state index contributed by atoms with van der Waals surface area (Å²) in [5, 5.41) is 17.8. The lowest BCUT2D eigenvalue weighted by molar-refractivity contribution is 0.0692. The third-order valence-electron chi connectivity index (χ3n) is 1.76. The number of nitrogens with two attached hydrogens (primary N) is 1. The van der Waals surface area contributed by atoms with E-state index >= 15 is 0 Å². The van der Waals surface area contributed by atoms with Crippen LogP contribution >= 0.6 is 0 Å². The van der Waals surface area contributed by atoms with Crippen LogP contribution in [0.25, 0.3) is 6.08 Å². The number of phenols is 1. The zero-order chi connectivity index (χ0) is 11.4. The zero-order valence-electron chi connectivity index (χ0n) is 7.77. The molecule has 1 aromatic rings. The van der Waals surface area contributed by atoms with Crippen molar-refractivity contribution in [3.05, 3.63) is 35.2 Å². The second-order valence-electron chi connectivity index (χ2n) is 2.84. The Bertz CT molecular complexity index is 415. The van der Waals surface area contributed by atoms with Gasteiger partial charge in [-0.1, -0.05) is 12.2 Å². The first-order valence-electron chi connectivity index (χ1n) is 4.18. The smallest absolute Gasteiger partial charge is 0.339 e. The van der Waals surface area contributed by atoms with E-state index in [0.29, 0.717) is 5.56 Å². The van der Waals surface area contributed by atoms with Gasteiger partial charge in [-0.2, -0.15) is 0 Å². The van der Waals surface area contributed by atoms with Gasteiger partial charge >= 0.3 is 5.97 Å². The number of carboxylic acid groups (broad SMARTS) is 1. The van der Waals surface area contributed by atoms with Crippen molar-refractivity contribution < 1.29 is 19.4 Å². The summed E-state index contributed by atoms with van der Waals surface area (Å²) in [4.78, 5) is 10.6. The van der Waals surface area contributed by atoms with Crippen LogP contribution in [0, 0.1) is 5.82 Å². The number of carbonyl (C=O) groups is 1. The Kier molecular flexibility index (Phi) is 3.41. The molecular weight excluding hydrogens is 201 g/mol. The van der Waals surface area contributed by atoms with Crippen LogP contribution in [-0.2, 0) is 0 Å². The van der Waals surface area contributed by atoms with Crippen molar-refractivity contribution in [2.45, 2.75) is 0 Å². The van der Waals surface area contributed by atoms with Gasteiger partial charge < -0.3 is 15.9 Å². The largest absolute Gasteiger partial charge is 0.504 e. The molecule has 80 valence electrons. The van der Waals surface area contributed by atoms with Crippen molar-refractivity contribution in [3.8, 4) is 5.75 Å². The molecule has 0 aliphatic heterocycles. The first-order chi connectivity index (χ1) is 7.06. The molecule has 1 rings (SSSR count). The predicted molar refractivity (Wildman–Crippen MR) is 53.1 cm³/mol. The minimum absolute atomic E-state index is 0.269. The van der Waals surface area contributed by atoms with E-state index in [1.807, 2.05) is 0 Å². The lowest BCUT2D eigenvalue weighted by Crippen LogP contribution is -1.99. The molecule has 5 heteroatoms. The maximum atomic E-state index is 13.0. The molecule has 0 fully saturated rings. The molecule has 4 nitrogen and oxygen atoms in total. The molecule has 0 aliphatic carbocycles. The summed E-state index contributed by atoms with van der Waals surface area (Å²) in [6.45, 7) is 0.269. The van der Waals surface area contributed by atoms with Gasteiger partial charge in [-0.05, 0) is 17.7 Å². The Morgan fingerprint density at radius 3 is 2.73 bits per heavy atom. The van der Waals surface area contributed by atoms with Crippen LogP contribution in [0.15, 0.2) is 18.2 Å². The van der Waals surface area contributed by atoms with E-state index < -0.39 is 23.1 Å². The number of hydrogen-bond acceptors (Lipinski definition) is 3. The van der Waals surface area contributed by atoms with E-state index in [2.05, 4.69) is 0 Å². The Labute approximate surface area is 85.5 Å². The molecule has 1 aromatic carbocycles. The highest BCUT2D eigenvalue weighted by atomic mass is 19.1. The summed E-state index contributed by atoms with van der Waals surface area (Å²) < 4.78 is 13.0. The van der Waals surface area contributed by atoms with Crippen molar-refractivity contribution in [2.24, 2.45) is 5.73 Å². The fourth-order valence-corrected chi connectivity index (χ4v) is 1.08. The number of aromatic carboxylic acids is 1. The molecule has 0 spiro atoms. The Morgan fingerprint density at radius 2 is 2.20 bits per heavy atom. The maximum absolute atomic E-state index is 13.0. The minimum atomic E-state index is -1.38. The summed E-state index contributed by atoms with van der Waals surface area (Å²) >= 11 is 0. The Hall–Kier alpha value is -1.88. The predicted octanol–water partition coefficient (Wildman–Crippen LogP) is 1.20. The van der Waals surface area contributed by atoms with Crippen LogP contribution in [0.3, 0.4) is 0 Å². The lowest BCUT2D eigenvalue weighted by Gasteiger charge is -2.02. The molecule has 15 heavy (non-hydrogen) atoms. The molecular formula is C10H10FNO3. The van der Waals surface area contributed by atoms with E-state index in [9.17, 15) is 9.18 Å². The topological polar surface area (TPSA) is 83.5 Å². The Morgan fingerprint density at radius 1 is 1.53 bits per heavy atom. The molecule has 0 saturated carbocycles. The molecule has 0 amide bonds. The second kappa shape index (κ2) is 4.56. The second-order valence-corrected chi connectivity index (χ2v) is 2.84. The number of hydrogen-bond donors (Lipinski definition) is 3. The van der Waals surface area contributed by atoms with Gasteiger partial charge in [0.25, 0.3) is 0 Å². The average Bonchev–Trinajstić information content (AvgIpc) is 2.19. The fourth-order valence-electron chi connectivity index (χ4n) is 1.08. The van der Waals surface area contributed by atoms with Crippen molar-refractivity contribution in [1.82, 2.24) is 0 Å². The zero-order valence-corrected chi connectivity index (χ0v) is 7.77. The number of aromatic hydroxyl groups is 1. The summed E-state index contributed by atoms with van der Waals surface area (Å²) in [5.74, 6) is -3.20. The third-order valence-corrected chi connectivity index (χ3v) is 1.76. The lowest BCUT2D eigenvalue weighted by atomic mass is 10.1. The quantitative estimate of drug-likeness (QED) is 0.701. The molecule has 0 radical (unpaired) electrons. The van der Waals surface area contributed by atoms with E-state index in [0.717, 1.165) is 6.07 Å². The maximum Gasteiger partial charge on any atom is 0.339 e. The molecule has 0 saturated heterocycles. The monoisotopic (exact) mass is 211 g/mol. The molecule has 0 bridgehead atoms. The van der Waals surface area contributed by atoms with Gasteiger partial charge in [0.15, 0.2) is 11.6 Å². The highest BCUT2D eigenvalue weighted by Crippen LogP contribution is 2.23. The minimum Gasteiger partial charge on any atom is -0.504 e. The standard InChI is InChI=1S/C10H10FNO3/c11-8-5-6(2-1-3-12)4-7(9(8)13)10(14)15/h1-2,4-5,13H,3,12H2,(H,14,15)/b2-1+. The van der Waals surface area contributed by atoms with E-state index in [1.165, 1.54) is 12.1 Å². The first-order valence-corrected chi connectivity index (χ1v) is 4.18. The molecule has 0 unspecified atom stereocenters. The van der Waals surface area contributed by atoms with Crippen molar-refractivity contribution in [1.29, 1.82) is 0 Å². The van der Waals surface area contributed by atoms with Gasteiger partial charge in [-0.15, -0.1) is 0 Å². The fraction of sp³-hybridized carbons (Fsp3) is 0.100. The normalized spacial score (nSPS) is 10.8. The SMILES string of the molecule is NC/C=C/c1cc(F)c(O)c(C(=O)O)c1. The number of rotatable bonds is 3. The Balaban J connectivity index is 3.23. The van der Waals surface area contributed by atoms with Crippen LogP contribution in [0.5, 0.6) is 5.75 Å². The van der Waals surface area contributed by atoms with Crippen molar-refractivity contribution in [3.63, 3.8) is 0 Å². The van der Waals surface area contributed by atoms with Crippen LogP contribution < -0.4 is 5.73 Å². The summed E-state index contributed by atoms with van der Waals surface area (Å²) in [6.07, 6.45) is 3.03. The average molecular weight is 211 g/mol. The van der Waals surface area contributed by atoms with Gasteiger partial charge in [0, 0.05) is 6.54 Å². The number of benzene rings is 1. The summed E-state index contributed by atoms with van der Waals surface area (Å²) in [7, 11) is 0. The van der Waals surface area contributed by atoms with Gasteiger partial charge in [-0.25, -0.2) is 9.18 Å². The van der Waals surface area contributed by atoms with Crippen LogP contribution in [0.2, 0.25) is 0 Å². The summed E-state index contributed by atoms with van der Waals surface area (Å²) in [6, 6.07) is 2.21. The summed E-state index contributed by atoms with van der Waals surface area (Å²) in [5.41, 5.74) is 5.07. The highest BCUT2D eigenvalue weighted by Gasteiger charge is 2.14. The van der Waals surface area contributed by atoms with Gasteiger partial charge in [0.05, 0.1) is 0 Å². The molecule has 0 atom stereocenters. The third kappa shape index (κ3) is 2.54. The first kappa shape index (κ1) is 11.2. The van der Waals surface area contributed by atoms with E-state index in [-0.39, 0.29) is 6.54 Å². The molecule has 0 aliphatic rings. The molecule has 0 aromatic heterocycles. The molecule has 0 heterocycles. The van der Waals surface area contributed by atoms with Gasteiger partial charge in [0.2, 0.25) is 0 Å². The van der Waals surface area contributed by atoms with Crippen molar-refractivity contribution in [2.75, 3.05) is 6.54 Å². The number of carboxylic acids is 1. The van der Waals surface area contributed by atoms with Crippen molar-refractivity contribution >= 4 is 12.0 Å². The number of halogens is 1. The van der Waals surface area contributed by atoms with Gasteiger partial charge in [-0.3, -0.25) is 0 Å². The van der Waals surface area contributed by atoms with E-state index in [1.54, 1.807) is 6.08 Å². The van der Waals surface area contributed by atoms with Crippen LogP contribution in [0.1, 0.15) is 15.9 Å². The van der Waals surface area contributed by atoms with E-state index in [4.69, 9.17) is 15.9 Å². The highest BCUT2D eigenvalue weighted by molar-refractivity contribution is 5.91. The molecule has 4 N–H and O–H groups in total. The van der Waals surface area contributed by atoms with Crippen LogP contribution in [0.4, 0.5) is 4.39 Å². The van der Waals surface area contributed by atoms with Crippen LogP contribution in [-0.4, -0.2) is 22.7 Å². The van der Waals surface area contributed by atoms with Gasteiger partial charge in [0.1, 0.15) is 5.56 Å².